The predicted molar refractivity (Wildman–Crippen MR) is 110 cm³/mol. The zero-order chi connectivity index (χ0) is 22.0. The topological polar surface area (TPSA) is 137 Å². The molecule has 0 fully saturated rings. The van der Waals surface area contributed by atoms with E-state index in [1.807, 2.05) is 0 Å². The summed E-state index contributed by atoms with van der Waals surface area (Å²) in [5, 5.41) is 13.8. The molecule has 0 bridgehead atoms. The SMILES string of the molecule is COc1cccc(CO)c1S(=O)(=O)Nc1noc2cc(Cc3ncco3)cc(OC)c12. The maximum atomic E-state index is 13.1. The van der Waals surface area contributed by atoms with Gasteiger partial charge in [0, 0.05) is 12.0 Å². The van der Waals surface area contributed by atoms with Gasteiger partial charge in [0.15, 0.2) is 17.3 Å². The smallest absolute Gasteiger partial charge is 0.267 e. The maximum absolute atomic E-state index is 13.1. The molecule has 0 amide bonds. The van der Waals surface area contributed by atoms with Crippen LogP contribution in [0.4, 0.5) is 5.82 Å². The minimum atomic E-state index is -4.17. The molecule has 0 saturated carbocycles. The molecule has 0 spiro atoms. The fourth-order valence-electron chi connectivity index (χ4n) is 3.27. The molecular formula is C20H19N3O7S. The van der Waals surface area contributed by atoms with Crippen molar-refractivity contribution in [1.29, 1.82) is 0 Å². The molecule has 31 heavy (non-hydrogen) atoms. The highest BCUT2D eigenvalue weighted by atomic mass is 32.2. The van der Waals surface area contributed by atoms with E-state index >= 15 is 0 Å². The van der Waals surface area contributed by atoms with Gasteiger partial charge in [-0.1, -0.05) is 17.3 Å². The largest absolute Gasteiger partial charge is 0.496 e. The van der Waals surface area contributed by atoms with Crippen molar-refractivity contribution in [2.45, 2.75) is 17.9 Å². The van der Waals surface area contributed by atoms with E-state index in [-0.39, 0.29) is 22.0 Å². The molecule has 0 aliphatic rings. The van der Waals surface area contributed by atoms with Gasteiger partial charge in [-0.2, -0.15) is 0 Å². The molecule has 4 aromatic rings. The molecule has 0 unspecified atom stereocenters. The average Bonchev–Trinajstić information content (AvgIpc) is 3.42. The Morgan fingerprint density at radius 3 is 2.65 bits per heavy atom. The van der Waals surface area contributed by atoms with Crippen LogP contribution in [0.25, 0.3) is 11.0 Å². The Kier molecular flexibility index (Phi) is 5.53. The highest BCUT2D eigenvalue weighted by Crippen LogP contribution is 2.36. The van der Waals surface area contributed by atoms with Gasteiger partial charge < -0.3 is 23.5 Å². The second-order valence-electron chi connectivity index (χ2n) is 6.52. The first-order valence-corrected chi connectivity index (χ1v) is 10.6. The zero-order valence-electron chi connectivity index (χ0n) is 16.7. The second-order valence-corrected chi connectivity index (χ2v) is 8.14. The van der Waals surface area contributed by atoms with Crippen molar-refractivity contribution in [3.63, 3.8) is 0 Å². The zero-order valence-corrected chi connectivity index (χ0v) is 17.5. The normalized spacial score (nSPS) is 11.6. The van der Waals surface area contributed by atoms with Crippen LogP contribution in [0.5, 0.6) is 11.5 Å². The predicted octanol–water partition coefficient (Wildman–Crippen LogP) is 2.72. The molecule has 2 N–H and O–H groups in total. The molecular weight excluding hydrogens is 426 g/mol. The summed E-state index contributed by atoms with van der Waals surface area (Å²) < 4.78 is 49.9. The highest BCUT2D eigenvalue weighted by molar-refractivity contribution is 7.92. The summed E-state index contributed by atoms with van der Waals surface area (Å²) in [6.07, 6.45) is 3.41. The number of aliphatic hydroxyl groups excluding tert-OH is 1. The van der Waals surface area contributed by atoms with Gasteiger partial charge in [0.05, 0.1) is 27.0 Å². The van der Waals surface area contributed by atoms with E-state index in [2.05, 4.69) is 14.9 Å². The van der Waals surface area contributed by atoms with E-state index < -0.39 is 16.6 Å². The number of hydrogen-bond donors (Lipinski definition) is 2. The van der Waals surface area contributed by atoms with E-state index in [1.54, 1.807) is 24.4 Å². The Morgan fingerprint density at radius 1 is 1.16 bits per heavy atom. The van der Waals surface area contributed by atoms with E-state index in [1.165, 1.54) is 32.6 Å². The minimum Gasteiger partial charge on any atom is -0.496 e. The lowest BCUT2D eigenvalue weighted by molar-refractivity contribution is 0.276. The Labute approximate surface area is 177 Å². The van der Waals surface area contributed by atoms with Crippen LogP contribution in [0.2, 0.25) is 0 Å². The van der Waals surface area contributed by atoms with Crippen molar-refractivity contribution in [2.24, 2.45) is 0 Å². The van der Waals surface area contributed by atoms with Gasteiger partial charge in [-0.25, -0.2) is 13.4 Å². The third-order valence-electron chi connectivity index (χ3n) is 4.61. The number of hydrogen-bond acceptors (Lipinski definition) is 9. The maximum Gasteiger partial charge on any atom is 0.267 e. The van der Waals surface area contributed by atoms with Crippen LogP contribution >= 0.6 is 0 Å². The number of ether oxygens (including phenoxy) is 2. The van der Waals surface area contributed by atoms with Crippen molar-refractivity contribution in [2.75, 3.05) is 18.9 Å². The summed E-state index contributed by atoms with van der Waals surface area (Å²) in [6.45, 7) is -0.486. The van der Waals surface area contributed by atoms with Gasteiger partial charge in [-0.05, 0) is 23.8 Å². The molecule has 0 radical (unpaired) electrons. The van der Waals surface area contributed by atoms with Gasteiger partial charge >= 0.3 is 0 Å². The van der Waals surface area contributed by atoms with Crippen molar-refractivity contribution < 1.29 is 31.9 Å². The third kappa shape index (κ3) is 3.92. The molecule has 0 aliphatic carbocycles. The van der Waals surface area contributed by atoms with Gasteiger partial charge in [0.2, 0.25) is 0 Å². The minimum absolute atomic E-state index is 0.0516. The highest BCUT2D eigenvalue weighted by Gasteiger charge is 2.27. The summed E-state index contributed by atoms with van der Waals surface area (Å²) >= 11 is 0. The average molecular weight is 445 g/mol. The summed E-state index contributed by atoms with van der Waals surface area (Å²) in [6, 6.07) is 8.00. The number of anilines is 1. The lowest BCUT2D eigenvalue weighted by atomic mass is 10.1. The van der Waals surface area contributed by atoms with Crippen molar-refractivity contribution in [3.05, 3.63) is 59.8 Å². The van der Waals surface area contributed by atoms with E-state index in [0.29, 0.717) is 29.0 Å². The van der Waals surface area contributed by atoms with E-state index in [0.717, 1.165) is 5.56 Å². The van der Waals surface area contributed by atoms with E-state index in [4.69, 9.17) is 18.4 Å². The number of nitrogens with zero attached hydrogens (tertiary/aromatic N) is 2. The van der Waals surface area contributed by atoms with Crippen molar-refractivity contribution in [3.8, 4) is 11.5 Å². The Hall–Kier alpha value is -3.57. The fourth-order valence-corrected chi connectivity index (χ4v) is 4.66. The fraction of sp³-hybridized carbons (Fsp3) is 0.200. The summed E-state index contributed by atoms with van der Waals surface area (Å²) in [4.78, 5) is 3.90. The first-order valence-electron chi connectivity index (χ1n) is 9.11. The number of methoxy groups -OCH3 is 2. The number of fused-ring (bicyclic) bond motifs is 1. The quantitative estimate of drug-likeness (QED) is 0.419. The summed E-state index contributed by atoms with van der Waals surface area (Å²) in [5.74, 6) is 0.909. The number of aliphatic hydroxyl groups is 1. The third-order valence-corrected chi connectivity index (χ3v) is 6.07. The van der Waals surface area contributed by atoms with Crippen molar-refractivity contribution in [1.82, 2.24) is 10.1 Å². The Morgan fingerprint density at radius 2 is 1.97 bits per heavy atom. The number of sulfonamides is 1. The van der Waals surface area contributed by atoms with Crippen LogP contribution in [0.15, 0.2) is 56.6 Å². The van der Waals surface area contributed by atoms with Crippen LogP contribution in [-0.4, -0.2) is 37.9 Å². The number of aromatic nitrogens is 2. The molecule has 11 heteroatoms. The number of benzene rings is 2. The molecule has 0 saturated heterocycles. The lowest BCUT2D eigenvalue weighted by Gasteiger charge is -2.14. The number of oxazole rings is 1. The summed E-state index contributed by atoms with van der Waals surface area (Å²) in [5.41, 5.74) is 1.28. The second kappa shape index (κ2) is 8.28. The van der Waals surface area contributed by atoms with Gasteiger partial charge in [0.1, 0.15) is 28.0 Å². The van der Waals surface area contributed by atoms with Crippen LogP contribution < -0.4 is 14.2 Å². The molecule has 10 nitrogen and oxygen atoms in total. The molecule has 162 valence electrons. The molecule has 2 aromatic heterocycles. The first kappa shape index (κ1) is 20.7. The monoisotopic (exact) mass is 445 g/mol. The molecule has 0 atom stereocenters. The van der Waals surface area contributed by atoms with Crippen LogP contribution in [-0.2, 0) is 23.1 Å². The van der Waals surface area contributed by atoms with E-state index in [9.17, 15) is 13.5 Å². The number of rotatable bonds is 8. The molecule has 0 aliphatic heterocycles. The standard InChI is InChI=1S/C20H19N3O7S/c1-27-14-5-3-4-13(11-24)19(14)31(25,26)23-20-18-15(28-2)8-12(9-16(18)30-22-20)10-17-21-6-7-29-17/h3-9,24H,10-11H2,1-2H3,(H,22,23). The Bertz CT molecular complexity index is 1290. The van der Waals surface area contributed by atoms with Gasteiger partial charge in [0.25, 0.3) is 10.0 Å². The van der Waals surface area contributed by atoms with Crippen LogP contribution in [0, 0.1) is 0 Å². The van der Waals surface area contributed by atoms with Crippen molar-refractivity contribution >= 4 is 26.8 Å². The lowest BCUT2D eigenvalue weighted by Crippen LogP contribution is -2.16. The van der Waals surface area contributed by atoms with Gasteiger partial charge in [-0.15, -0.1) is 0 Å². The molecule has 4 rings (SSSR count). The Balaban J connectivity index is 1.76. The van der Waals surface area contributed by atoms with Gasteiger partial charge in [-0.3, -0.25) is 4.72 Å². The first-order chi connectivity index (χ1) is 15.0. The van der Waals surface area contributed by atoms with Crippen LogP contribution in [0.1, 0.15) is 17.0 Å². The molecule has 2 aromatic carbocycles. The number of nitrogens with one attached hydrogen (secondary N) is 1. The van der Waals surface area contributed by atoms with Crippen LogP contribution in [0.3, 0.4) is 0 Å². The summed E-state index contributed by atoms with van der Waals surface area (Å²) in [7, 11) is -1.37. The molecule has 2 heterocycles.